The molecule has 1 aliphatic rings. The van der Waals surface area contributed by atoms with Gasteiger partial charge in [-0.3, -0.25) is 0 Å². The first-order valence-corrected chi connectivity index (χ1v) is 7.20. The predicted molar refractivity (Wildman–Crippen MR) is 72.2 cm³/mol. The summed E-state index contributed by atoms with van der Waals surface area (Å²) in [6, 6.07) is 4.30. The van der Waals surface area contributed by atoms with E-state index in [1.54, 1.807) is 6.07 Å². The van der Waals surface area contributed by atoms with Gasteiger partial charge in [0.1, 0.15) is 18.2 Å². The molecule has 1 aromatic rings. The van der Waals surface area contributed by atoms with Gasteiger partial charge in [-0.25, -0.2) is 4.39 Å². The number of aliphatic hydroxyl groups excluding tert-OH is 1. The average molecular weight is 317 g/mol. The maximum atomic E-state index is 13.0. The maximum Gasteiger partial charge on any atom is 0.136 e. The molecule has 0 amide bonds. The van der Waals surface area contributed by atoms with Crippen molar-refractivity contribution in [1.29, 1.82) is 0 Å². The zero-order valence-electron chi connectivity index (χ0n) is 10.2. The summed E-state index contributed by atoms with van der Waals surface area (Å²) in [5.41, 5.74) is 0. The summed E-state index contributed by atoms with van der Waals surface area (Å²) in [6.07, 6.45) is 5.28. The van der Waals surface area contributed by atoms with Crippen molar-refractivity contribution in [3.05, 3.63) is 28.5 Å². The fourth-order valence-corrected chi connectivity index (χ4v) is 2.83. The van der Waals surface area contributed by atoms with E-state index in [1.807, 2.05) is 0 Å². The van der Waals surface area contributed by atoms with Gasteiger partial charge in [-0.1, -0.05) is 25.7 Å². The van der Waals surface area contributed by atoms with Gasteiger partial charge in [0, 0.05) is 6.07 Å². The lowest BCUT2D eigenvalue weighted by Gasteiger charge is -2.16. The number of hydrogen-bond donors (Lipinski definition) is 1. The quantitative estimate of drug-likeness (QED) is 0.892. The maximum absolute atomic E-state index is 13.0. The van der Waals surface area contributed by atoms with E-state index in [0.717, 1.165) is 6.42 Å². The molecule has 2 rings (SSSR count). The minimum Gasteiger partial charge on any atom is -0.490 e. The summed E-state index contributed by atoms with van der Waals surface area (Å²) in [5.74, 6) is 0.735. The smallest absolute Gasteiger partial charge is 0.136 e. The topological polar surface area (TPSA) is 29.5 Å². The molecule has 1 saturated carbocycles. The Bertz CT molecular complexity index is 391. The van der Waals surface area contributed by atoms with Gasteiger partial charge in [0.25, 0.3) is 0 Å². The van der Waals surface area contributed by atoms with Gasteiger partial charge in [-0.15, -0.1) is 0 Å². The van der Waals surface area contributed by atoms with Crippen LogP contribution in [0.15, 0.2) is 22.7 Å². The molecule has 1 atom stereocenters. The van der Waals surface area contributed by atoms with Crippen LogP contribution in [0.4, 0.5) is 4.39 Å². The predicted octanol–water partition coefficient (Wildman–Crippen LogP) is 3.91. The van der Waals surface area contributed by atoms with Crippen molar-refractivity contribution in [2.24, 2.45) is 5.92 Å². The monoisotopic (exact) mass is 316 g/mol. The first kappa shape index (κ1) is 13.8. The van der Waals surface area contributed by atoms with E-state index < -0.39 is 6.10 Å². The van der Waals surface area contributed by atoms with Crippen LogP contribution in [0.2, 0.25) is 0 Å². The molecular formula is C14H18BrFO2. The molecule has 1 aliphatic carbocycles. The third kappa shape index (κ3) is 3.95. The van der Waals surface area contributed by atoms with Crippen LogP contribution in [0.5, 0.6) is 5.75 Å². The highest BCUT2D eigenvalue weighted by molar-refractivity contribution is 9.10. The summed E-state index contributed by atoms with van der Waals surface area (Å²) in [5, 5.41) is 9.90. The Morgan fingerprint density at radius 2 is 2.11 bits per heavy atom. The van der Waals surface area contributed by atoms with Crippen LogP contribution in [0.25, 0.3) is 0 Å². The number of aliphatic hydroxyl groups is 1. The van der Waals surface area contributed by atoms with Crippen molar-refractivity contribution in [2.75, 3.05) is 6.61 Å². The third-order valence-electron chi connectivity index (χ3n) is 3.40. The van der Waals surface area contributed by atoms with Crippen molar-refractivity contribution < 1.29 is 14.2 Å². The van der Waals surface area contributed by atoms with E-state index in [2.05, 4.69) is 15.9 Å². The lowest BCUT2D eigenvalue weighted by atomic mass is 10.0. The number of halogens is 2. The molecule has 0 saturated heterocycles. The molecular weight excluding hydrogens is 299 g/mol. The standard InChI is InChI=1S/C14H18BrFO2/c15-13-6-5-11(16)8-14(13)18-9-12(17)7-10-3-1-2-4-10/h5-6,8,10,12,17H,1-4,7,9H2. The average Bonchev–Trinajstić information content (AvgIpc) is 2.83. The molecule has 0 heterocycles. The molecule has 0 aliphatic heterocycles. The zero-order chi connectivity index (χ0) is 13.0. The van der Waals surface area contributed by atoms with Crippen molar-refractivity contribution in [2.45, 2.75) is 38.2 Å². The summed E-state index contributed by atoms with van der Waals surface area (Å²) in [4.78, 5) is 0. The van der Waals surface area contributed by atoms with Crippen LogP contribution >= 0.6 is 15.9 Å². The molecule has 18 heavy (non-hydrogen) atoms. The van der Waals surface area contributed by atoms with Crippen molar-refractivity contribution in [1.82, 2.24) is 0 Å². The second-order valence-electron chi connectivity index (χ2n) is 4.93. The molecule has 2 nitrogen and oxygen atoms in total. The lowest BCUT2D eigenvalue weighted by Crippen LogP contribution is -2.20. The van der Waals surface area contributed by atoms with E-state index in [1.165, 1.54) is 37.8 Å². The molecule has 1 fully saturated rings. The minimum absolute atomic E-state index is 0.221. The summed E-state index contributed by atoms with van der Waals surface area (Å²) < 4.78 is 19.2. The molecule has 1 N–H and O–H groups in total. The van der Waals surface area contributed by atoms with E-state index in [4.69, 9.17) is 4.74 Å². The summed E-state index contributed by atoms with van der Waals surface area (Å²) in [7, 11) is 0. The highest BCUT2D eigenvalue weighted by Crippen LogP contribution is 2.29. The molecule has 100 valence electrons. The van der Waals surface area contributed by atoms with Crippen LogP contribution in [-0.4, -0.2) is 17.8 Å². The van der Waals surface area contributed by atoms with Gasteiger partial charge < -0.3 is 9.84 Å². The van der Waals surface area contributed by atoms with Crippen molar-refractivity contribution >= 4 is 15.9 Å². The van der Waals surface area contributed by atoms with Crippen molar-refractivity contribution in [3.63, 3.8) is 0 Å². The molecule has 0 bridgehead atoms. The highest BCUT2D eigenvalue weighted by atomic mass is 79.9. The Hall–Kier alpha value is -0.610. The Balaban J connectivity index is 1.81. The number of ether oxygens (including phenoxy) is 1. The van der Waals surface area contributed by atoms with Crippen molar-refractivity contribution in [3.8, 4) is 5.75 Å². The van der Waals surface area contributed by atoms with Crippen LogP contribution in [0, 0.1) is 11.7 Å². The Morgan fingerprint density at radius 3 is 2.83 bits per heavy atom. The third-order valence-corrected chi connectivity index (χ3v) is 4.06. The van der Waals surface area contributed by atoms with Gasteiger partial charge in [-0.05, 0) is 40.4 Å². The van der Waals surface area contributed by atoms with E-state index in [-0.39, 0.29) is 12.4 Å². The van der Waals surface area contributed by atoms with E-state index >= 15 is 0 Å². The Kier molecular flexibility index (Phi) is 5.01. The van der Waals surface area contributed by atoms with Gasteiger partial charge in [0.05, 0.1) is 10.6 Å². The van der Waals surface area contributed by atoms with Crippen LogP contribution in [-0.2, 0) is 0 Å². The largest absolute Gasteiger partial charge is 0.490 e. The van der Waals surface area contributed by atoms with Crippen LogP contribution < -0.4 is 4.74 Å². The lowest BCUT2D eigenvalue weighted by molar-refractivity contribution is 0.0850. The second kappa shape index (κ2) is 6.53. The van der Waals surface area contributed by atoms with Gasteiger partial charge in [-0.2, -0.15) is 0 Å². The number of rotatable bonds is 5. The zero-order valence-corrected chi connectivity index (χ0v) is 11.8. The Labute approximate surface area is 115 Å². The number of benzene rings is 1. The summed E-state index contributed by atoms with van der Waals surface area (Å²) in [6.45, 7) is 0.221. The molecule has 1 unspecified atom stereocenters. The van der Waals surface area contributed by atoms with E-state index in [0.29, 0.717) is 16.1 Å². The van der Waals surface area contributed by atoms with Gasteiger partial charge >= 0.3 is 0 Å². The molecule has 0 spiro atoms. The highest BCUT2D eigenvalue weighted by Gasteiger charge is 2.19. The fraction of sp³-hybridized carbons (Fsp3) is 0.571. The van der Waals surface area contributed by atoms with Crippen LogP contribution in [0.3, 0.4) is 0 Å². The van der Waals surface area contributed by atoms with Crippen LogP contribution in [0.1, 0.15) is 32.1 Å². The van der Waals surface area contributed by atoms with E-state index in [9.17, 15) is 9.50 Å². The van der Waals surface area contributed by atoms with Gasteiger partial charge in [0.2, 0.25) is 0 Å². The van der Waals surface area contributed by atoms with Gasteiger partial charge in [0.15, 0.2) is 0 Å². The number of hydrogen-bond acceptors (Lipinski definition) is 2. The fourth-order valence-electron chi connectivity index (χ4n) is 2.47. The molecule has 0 radical (unpaired) electrons. The SMILES string of the molecule is OC(COc1cc(F)ccc1Br)CC1CCCC1. The molecule has 0 aromatic heterocycles. The Morgan fingerprint density at radius 1 is 1.39 bits per heavy atom. The first-order valence-electron chi connectivity index (χ1n) is 6.41. The minimum atomic E-state index is -0.469. The summed E-state index contributed by atoms with van der Waals surface area (Å²) >= 11 is 3.30. The normalized spacial score (nSPS) is 17.9. The second-order valence-corrected chi connectivity index (χ2v) is 5.78. The molecule has 1 aromatic carbocycles. The first-order chi connectivity index (χ1) is 8.65. The molecule has 4 heteroatoms.